The standard InChI is InChI=1S/C22H30ClN9O2.ClH/c1-5-31-14-8-7-13(10-26-16(33)12-30(3)4)9-15(14)32(6-2)17(31)11-27-22(34)18-20(24)29-21(25)19(23)28-18;/h7-9H,5-6,10-12H2,1-4H3,(H5-,24,25,26,27,29,33,34);1H. The quantitative estimate of drug-likeness (QED) is 0.230. The van der Waals surface area contributed by atoms with Crippen molar-refractivity contribution in [3.63, 3.8) is 0 Å². The monoisotopic (exact) mass is 523 g/mol. The number of nitrogens with zero attached hydrogens (tertiary/aromatic N) is 5. The number of carbonyl (C=O) groups excluding carboxylic acids is 2. The minimum Gasteiger partial charge on any atom is -1.00 e. The molecule has 0 fully saturated rings. The summed E-state index contributed by atoms with van der Waals surface area (Å²) in [5.74, 6) is 0.272. The summed E-state index contributed by atoms with van der Waals surface area (Å²) in [6.45, 7) is 6.51. The number of anilines is 2. The predicted octanol–water partition coefficient (Wildman–Crippen LogP) is -2.31. The van der Waals surface area contributed by atoms with Crippen molar-refractivity contribution < 1.29 is 26.6 Å². The number of fused-ring (bicyclic) bond motifs is 1. The summed E-state index contributed by atoms with van der Waals surface area (Å²) < 4.78 is 4.27. The summed E-state index contributed by atoms with van der Waals surface area (Å²) in [7, 11) is 3.71. The second-order valence-corrected chi connectivity index (χ2v) is 8.42. The van der Waals surface area contributed by atoms with E-state index < -0.39 is 5.91 Å². The first-order chi connectivity index (χ1) is 16.2. The molecule has 0 aliphatic carbocycles. The van der Waals surface area contributed by atoms with Gasteiger partial charge in [-0.1, -0.05) is 17.7 Å². The number of imidazole rings is 1. The van der Waals surface area contributed by atoms with Gasteiger partial charge in [-0.25, -0.2) is 19.1 Å². The first kappa shape index (κ1) is 28.1. The Morgan fingerprint density at radius 2 is 1.83 bits per heavy atom. The topological polar surface area (TPSA) is 148 Å². The van der Waals surface area contributed by atoms with Crippen molar-refractivity contribution in [3.05, 3.63) is 40.4 Å². The molecule has 3 rings (SSSR count). The van der Waals surface area contributed by atoms with E-state index in [1.165, 1.54) is 0 Å². The highest BCUT2D eigenvalue weighted by Gasteiger charge is 2.25. The molecule has 2 amide bonds. The maximum atomic E-state index is 12.7. The van der Waals surface area contributed by atoms with E-state index in [1.54, 1.807) is 0 Å². The predicted molar refractivity (Wildman–Crippen MR) is 131 cm³/mol. The van der Waals surface area contributed by atoms with E-state index in [4.69, 9.17) is 23.1 Å². The van der Waals surface area contributed by atoms with E-state index in [1.807, 2.05) is 45.0 Å². The van der Waals surface area contributed by atoms with E-state index in [0.717, 1.165) is 22.4 Å². The normalized spacial score (nSPS) is 10.9. The van der Waals surface area contributed by atoms with Crippen LogP contribution in [-0.2, 0) is 31.0 Å². The van der Waals surface area contributed by atoms with Crippen LogP contribution in [0.2, 0.25) is 5.15 Å². The number of carbonyl (C=O) groups is 2. The molecule has 35 heavy (non-hydrogen) atoms. The van der Waals surface area contributed by atoms with Crippen LogP contribution in [0.25, 0.3) is 11.0 Å². The number of rotatable bonds is 9. The third kappa shape index (κ3) is 6.30. The van der Waals surface area contributed by atoms with Crippen LogP contribution in [0.1, 0.15) is 35.7 Å². The maximum absolute atomic E-state index is 12.7. The average molecular weight is 524 g/mol. The zero-order valence-corrected chi connectivity index (χ0v) is 21.7. The fraction of sp³-hybridized carbons (Fsp3) is 0.409. The number of aryl methyl sites for hydroxylation is 2. The van der Waals surface area contributed by atoms with E-state index in [0.29, 0.717) is 26.2 Å². The van der Waals surface area contributed by atoms with Gasteiger partial charge in [0.2, 0.25) is 5.91 Å². The number of benzene rings is 1. The number of nitrogens with one attached hydrogen (secondary N) is 2. The fourth-order valence-corrected chi connectivity index (χ4v) is 3.97. The van der Waals surface area contributed by atoms with Crippen molar-refractivity contribution in [3.8, 4) is 0 Å². The molecule has 13 heteroatoms. The number of nitrogens with two attached hydrogens (primary N) is 2. The SMILES string of the molecule is CCn1c(CNC(=O)c2nc(Cl)c(N)nc2N)[n+](CC)c2ccc(CNC(=O)CN(C)C)cc21.[Cl-]. The fourth-order valence-electron chi connectivity index (χ4n) is 3.84. The summed E-state index contributed by atoms with van der Waals surface area (Å²) in [5.41, 5.74) is 14.4. The Morgan fingerprint density at radius 3 is 2.46 bits per heavy atom. The van der Waals surface area contributed by atoms with E-state index in [2.05, 4.69) is 35.8 Å². The Balaban J connectivity index is 0.00000432. The number of hydrogen-bond acceptors (Lipinski definition) is 7. The molecule has 0 saturated heterocycles. The lowest BCUT2D eigenvalue weighted by Crippen LogP contribution is -3.00. The Hall–Kier alpha value is -3.15. The summed E-state index contributed by atoms with van der Waals surface area (Å²) >= 11 is 5.91. The lowest BCUT2D eigenvalue weighted by Gasteiger charge is -2.10. The van der Waals surface area contributed by atoms with Crippen LogP contribution in [-0.4, -0.2) is 51.9 Å². The third-order valence-electron chi connectivity index (χ3n) is 5.35. The Bertz CT molecular complexity index is 1230. The van der Waals surface area contributed by atoms with E-state index in [-0.39, 0.29) is 47.3 Å². The first-order valence-electron chi connectivity index (χ1n) is 11.0. The molecule has 1 aromatic carbocycles. The highest BCUT2D eigenvalue weighted by molar-refractivity contribution is 6.31. The summed E-state index contributed by atoms with van der Waals surface area (Å²) in [4.78, 5) is 34.4. The zero-order chi connectivity index (χ0) is 25.0. The number of amides is 2. The molecule has 0 aliphatic heterocycles. The van der Waals surface area contributed by atoms with Gasteiger partial charge in [-0.15, -0.1) is 0 Å². The molecule has 0 radical (unpaired) electrons. The molecule has 190 valence electrons. The molecule has 0 atom stereocenters. The Morgan fingerprint density at radius 1 is 1.11 bits per heavy atom. The van der Waals surface area contributed by atoms with E-state index >= 15 is 0 Å². The largest absolute Gasteiger partial charge is 1.00 e. The third-order valence-corrected chi connectivity index (χ3v) is 5.63. The molecule has 0 unspecified atom stereocenters. The molecule has 0 spiro atoms. The van der Waals surface area contributed by atoms with Gasteiger partial charge < -0.3 is 39.4 Å². The van der Waals surface area contributed by atoms with Crippen LogP contribution in [0, 0.1) is 0 Å². The van der Waals surface area contributed by atoms with Gasteiger partial charge in [-0.3, -0.25) is 9.59 Å². The van der Waals surface area contributed by atoms with Gasteiger partial charge in [-0.2, -0.15) is 0 Å². The van der Waals surface area contributed by atoms with Crippen molar-refractivity contribution in [2.45, 2.75) is 40.0 Å². The molecule has 0 bridgehead atoms. The van der Waals surface area contributed by atoms with Crippen LogP contribution >= 0.6 is 11.6 Å². The lowest BCUT2D eigenvalue weighted by molar-refractivity contribution is -0.676. The number of aromatic nitrogens is 4. The van der Waals surface area contributed by atoms with Gasteiger partial charge in [-0.05, 0) is 45.6 Å². The number of nitrogen functional groups attached to an aromatic ring is 2. The average Bonchev–Trinajstić information content (AvgIpc) is 3.09. The Kier molecular flexibility index (Phi) is 9.64. The van der Waals surface area contributed by atoms with Crippen LogP contribution < -0.4 is 39.1 Å². The molecule has 0 saturated carbocycles. The maximum Gasteiger partial charge on any atom is 0.277 e. The molecular formula is C22H31Cl2N9O2. The summed E-state index contributed by atoms with van der Waals surface area (Å²) in [6, 6.07) is 6.10. The van der Waals surface area contributed by atoms with Gasteiger partial charge >= 0.3 is 0 Å². The van der Waals surface area contributed by atoms with Crippen molar-refractivity contribution in [2.24, 2.45) is 0 Å². The highest BCUT2D eigenvalue weighted by Crippen LogP contribution is 2.19. The van der Waals surface area contributed by atoms with Crippen LogP contribution in [0.3, 0.4) is 0 Å². The van der Waals surface area contributed by atoms with Gasteiger partial charge in [0.25, 0.3) is 11.7 Å². The van der Waals surface area contributed by atoms with Gasteiger partial charge in [0.15, 0.2) is 33.5 Å². The lowest BCUT2D eigenvalue weighted by atomic mass is 10.2. The summed E-state index contributed by atoms with van der Waals surface area (Å²) in [5, 5.41) is 5.73. The van der Waals surface area contributed by atoms with Gasteiger partial charge in [0, 0.05) is 6.54 Å². The van der Waals surface area contributed by atoms with E-state index in [9.17, 15) is 9.59 Å². The van der Waals surface area contributed by atoms with Crippen LogP contribution in [0.15, 0.2) is 18.2 Å². The second kappa shape index (κ2) is 12.0. The first-order valence-corrected chi connectivity index (χ1v) is 11.4. The smallest absolute Gasteiger partial charge is 0.277 e. The van der Waals surface area contributed by atoms with Crippen molar-refractivity contribution >= 4 is 46.1 Å². The molecule has 0 aliphatic rings. The Labute approximate surface area is 215 Å². The number of halogens is 2. The number of likely N-dealkylation sites (N-methyl/N-ethyl adjacent to an activating group) is 1. The molecular weight excluding hydrogens is 493 g/mol. The molecule has 6 N–H and O–H groups in total. The molecule has 3 aromatic rings. The molecule has 2 heterocycles. The van der Waals surface area contributed by atoms with Crippen LogP contribution in [0.4, 0.5) is 11.6 Å². The van der Waals surface area contributed by atoms with Gasteiger partial charge in [0.1, 0.15) is 6.54 Å². The van der Waals surface area contributed by atoms with Gasteiger partial charge in [0.05, 0.1) is 19.6 Å². The van der Waals surface area contributed by atoms with Crippen LogP contribution in [0.5, 0.6) is 0 Å². The highest BCUT2D eigenvalue weighted by atomic mass is 35.5. The van der Waals surface area contributed by atoms with Crippen molar-refractivity contribution in [1.29, 1.82) is 0 Å². The molecule has 2 aromatic heterocycles. The minimum absolute atomic E-state index is 0. The van der Waals surface area contributed by atoms with Crippen molar-refractivity contribution in [1.82, 2.24) is 30.1 Å². The second-order valence-electron chi connectivity index (χ2n) is 8.06. The minimum atomic E-state index is -0.494. The van der Waals surface area contributed by atoms with Crippen molar-refractivity contribution in [2.75, 3.05) is 32.1 Å². The zero-order valence-electron chi connectivity index (χ0n) is 20.2. The summed E-state index contributed by atoms with van der Waals surface area (Å²) in [6.07, 6.45) is 0. The number of hydrogen-bond donors (Lipinski definition) is 4. The molecule has 11 nitrogen and oxygen atoms in total.